The molecule has 0 aliphatic heterocycles. The molecule has 0 spiro atoms. The highest BCUT2D eigenvalue weighted by atomic mass is 16.3. The van der Waals surface area contributed by atoms with E-state index in [0.717, 1.165) is 24.8 Å². The molecule has 27 heavy (non-hydrogen) atoms. The van der Waals surface area contributed by atoms with E-state index in [0.29, 0.717) is 23.7 Å². The fourth-order valence-corrected chi connectivity index (χ4v) is 4.55. The van der Waals surface area contributed by atoms with Crippen LogP contribution in [0.1, 0.15) is 62.9 Å². The topological polar surface area (TPSA) is 90.5 Å². The van der Waals surface area contributed by atoms with Crippen LogP contribution in [0.25, 0.3) is 0 Å². The van der Waals surface area contributed by atoms with E-state index < -0.39 is 5.54 Å². The quantitative estimate of drug-likeness (QED) is 0.635. The zero-order chi connectivity index (χ0) is 20.2. The van der Waals surface area contributed by atoms with Crippen molar-refractivity contribution in [3.63, 3.8) is 0 Å². The van der Waals surface area contributed by atoms with Gasteiger partial charge >= 0.3 is 6.03 Å². The molecule has 1 aliphatic carbocycles. The normalized spacial score (nSPS) is 24.1. The predicted octanol–water partition coefficient (Wildman–Crippen LogP) is 3.44. The summed E-state index contributed by atoms with van der Waals surface area (Å²) in [6, 6.07) is 4.88. The first-order valence-electron chi connectivity index (χ1n) is 9.68. The molecule has 0 bridgehead atoms. The van der Waals surface area contributed by atoms with Gasteiger partial charge < -0.3 is 21.1 Å². The lowest BCUT2D eigenvalue weighted by atomic mass is 9.64. The molecule has 0 radical (unpaired) electrons. The minimum absolute atomic E-state index is 0.0573. The van der Waals surface area contributed by atoms with E-state index >= 15 is 0 Å². The number of rotatable bonds is 5. The summed E-state index contributed by atoms with van der Waals surface area (Å²) in [6.07, 6.45) is 2.55. The summed E-state index contributed by atoms with van der Waals surface area (Å²) in [5.74, 6) is 0.250. The van der Waals surface area contributed by atoms with Gasteiger partial charge in [0.05, 0.1) is 12.1 Å². The molecule has 1 aliphatic rings. The van der Waals surface area contributed by atoms with Gasteiger partial charge in [-0.1, -0.05) is 26.8 Å². The Bertz CT molecular complexity index is 702. The number of hydrogen-bond donors (Lipinski definition) is 4. The number of carbonyl (C=O) groups is 2. The number of benzene rings is 1. The van der Waals surface area contributed by atoms with Crippen molar-refractivity contribution in [2.45, 2.75) is 59.4 Å². The summed E-state index contributed by atoms with van der Waals surface area (Å²) in [4.78, 5) is 24.7. The molecular formula is C21H33N3O3. The number of anilines is 1. The van der Waals surface area contributed by atoms with Crippen LogP contribution in [-0.2, 0) is 0 Å². The minimum Gasteiger partial charge on any atom is -0.394 e. The maximum Gasteiger partial charge on any atom is 0.319 e. The smallest absolute Gasteiger partial charge is 0.319 e. The second kappa shape index (κ2) is 8.30. The summed E-state index contributed by atoms with van der Waals surface area (Å²) in [6.45, 7) is 10.7. The Labute approximate surface area is 162 Å². The number of urea groups is 1. The lowest BCUT2D eigenvalue weighted by Crippen LogP contribution is -2.58. The van der Waals surface area contributed by atoms with Gasteiger partial charge in [-0.25, -0.2) is 4.79 Å². The maximum atomic E-state index is 12.7. The number of aliphatic hydroxyl groups excluding tert-OH is 1. The van der Waals surface area contributed by atoms with Gasteiger partial charge in [-0.05, 0) is 62.1 Å². The van der Waals surface area contributed by atoms with Crippen LogP contribution in [-0.4, -0.2) is 35.7 Å². The highest BCUT2D eigenvalue weighted by molar-refractivity contribution is 5.97. The van der Waals surface area contributed by atoms with E-state index in [-0.39, 0.29) is 24.0 Å². The van der Waals surface area contributed by atoms with E-state index in [1.807, 2.05) is 19.9 Å². The first-order chi connectivity index (χ1) is 12.6. The van der Waals surface area contributed by atoms with Crippen molar-refractivity contribution in [2.75, 3.05) is 18.5 Å². The van der Waals surface area contributed by atoms with Crippen molar-refractivity contribution in [3.05, 3.63) is 29.3 Å². The van der Waals surface area contributed by atoms with Crippen LogP contribution in [0, 0.1) is 18.3 Å². The number of aryl methyl sites for hydroxylation is 1. The third-order valence-electron chi connectivity index (χ3n) is 5.22. The zero-order valence-electron chi connectivity index (χ0n) is 17.1. The maximum absolute atomic E-state index is 12.7. The van der Waals surface area contributed by atoms with E-state index in [4.69, 9.17) is 0 Å². The highest BCUT2D eigenvalue weighted by Gasteiger charge is 2.43. The number of nitrogens with one attached hydrogen (secondary N) is 3. The minimum atomic E-state index is -0.629. The second-order valence-electron chi connectivity index (χ2n) is 8.76. The highest BCUT2D eigenvalue weighted by Crippen LogP contribution is 2.43. The molecule has 4 N–H and O–H groups in total. The van der Waals surface area contributed by atoms with Gasteiger partial charge in [0.2, 0.25) is 0 Å². The van der Waals surface area contributed by atoms with Crippen molar-refractivity contribution >= 4 is 17.6 Å². The average molecular weight is 376 g/mol. The molecule has 1 aromatic carbocycles. The molecule has 1 aromatic rings. The van der Waals surface area contributed by atoms with Gasteiger partial charge in [0, 0.05) is 17.8 Å². The number of amides is 3. The molecule has 2 atom stereocenters. The standard InChI is InChI=1S/C21H33N3O3/c1-6-22-18(26)16-8-7-15(3)17(9-16)23-19(27)24-21(13-25)11-14(2)10-20(4,5)12-21/h7-9,14,25H,6,10-13H2,1-5H3,(H,22,26)(H2,23,24,27)/t14-,21+/m1/s1. The molecule has 0 heterocycles. The monoisotopic (exact) mass is 375 g/mol. The van der Waals surface area contributed by atoms with Gasteiger partial charge in [0.1, 0.15) is 0 Å². The SMILES string of the molecule is CCNC(=O)c1ccc(C)c(NC(=O)N[C@@]2(CO)C[C@H](C)CC(C)(C)C2)c1. The Balaban J connectivity index is 2.14. The van der Waals surface area contributed by atoms with Crippen molar-refractivity contribution in [2.24, 2.45) is 11.3 Å². The molecule has 1 fully saturated rings. The Hall–Kier alpha value is -2.08. The summed E-state index contributed by atoms with van der Waals surface area (Å²) in [5, 5.41) is 18.7. The average Bonchev–Trinajstić information content (AvgIpc) is 2.55. The molecule has 150 valence electrons. The Morgan fingerprint density at radius 3 is 2.56 bits per heavy atom. The summed E-state index contributed by atoms with van der Waals surface area (Å²) < 4.78 is 0. The van der Waals surface area contributed by atoms with Crippen molar-refractivity contribution in [1.82, 2.24) is 10.6 Å². The van der Waals surface area contributed by atoms with Crippen LogP contribution in [0.5, 0.6) is 0 Å². The third-order valence-corrected chi connectivity index (χ3v) is 5.22. The number of aliphatic hydroxyl groups is 1. The van der Waals surface area contributed by atoms with Gasteiger partial charge in [-0.15, -0.1) is 0 Å². The van der Waals surface area contributed by atoms with Crippen molar-refractivity contribution < 1.29 is 14.7 Å². The van der Waals surface area contributed by atoms with Crippen LogP contribution in [0.3, 0.4) is 0 Å². The Kier molecular flexibility index (Phi) is 6.52. The first-order valence-corrected chi connectivity index (χ1v) is 9.68. The molecule has 2 rings (SSSR count). The summed E-state index contributed by atoms with van der Waals surface area (Å²) in [5.41, 5.74) is 1.39. The van der Waals surface area contributed by atoms with Crippen molar-refractivity contribution in [3.8, 4) is 0 Å². The van der Waals surface area contributed by atoms with Crippen LogP contribution in [0.4, 0.5) is 10.5 Å². The summed E-state index contributed by atoms with van der Waals surface area (Å²) >= 11 is 0. The van der Waals surface area contributed by atoms with Gasteiger partial charge in [-0.2, -0.15) is 0 Å². The predicted molar refractivity (Wildman–Crippen MR) is 108 cm³/mol. The molecule has 6 heteroatoms. The van der Waals surface area contributed by atoms with Gasteiger partial charge in [-0.3, -0.25) is 4.79 Å². The zero-order valence-corrected chi connectivity index (χ0v) is 17.1. The fraction of sp³-hybridized carbons (Fsp3) is 0.619. The Morgan fingerprint density at radius 1 is 1.26 bits per heavy atom. The third kappa shape index (κ3) is 5.45. The van der Waals surface area contributed by atoms with Crippen LogP contribution in [0.2, 0.25) is 0 Å². The van der Waals surface area contributed by atoms with Gasteiger partial charge in [0.15, 0.2) is 0 Å². The molecule has 0 saturated heterocycles. The number of carbonyl (C=O) groups excluding carboxylic acids is 2. The van der Waals surface area contributed by atoms with Gasteiger partial charge in [0.25, 0.3) is 5.91 Å². The molecule has 0 aromatic heterocycles. The second-order valence-corrected chi connectivity index (χ2v) is 8.76. The fourth-order valence-electron chi connectivity index (χ4n) is 4.55. The van der Waals surface area contributed by atoms with Crippen LogP contribution < -0.4 is 16.0 Å². The first kappa shape index (κ1) is 21.2. The molecule has 6 nitrogen and oxygen atoms in total. The molecule has 1 saturated carbocycles. The molecule has 0 unspecified atom stereocenters. The van der Waals surface area contributed by atoms with Crippen LogP contribution >= 0.6 is 0 Å². The van der Waals surface area contributed by atoms with E-state index in [2.05, 4.69) is 36.7 Å². The lowest BCUT2D eigenvalue weighted by Gasteiger charge is -2.47. The molecular weight excluding hydrogens is 342 g/mol. The lowest BCUT2D eigenvalue weighted by molar-refractivity contribution is 0.0445. The van der Waals surface area contributed by atoms with Crippen molar-refractivity contribution in [1.29, 1.82) is 0 Å². The van der Waals surface area contributed by atoms with Crippen LogP contribution in [0.15, 0.2) is 18.2 Å². The summed E-state index contributed by atoms with van der Waals surface area (Å²) in [7, 11) is 0. The molecule has 3 amide bonds. The van der Waals surface area contributed by atoms with E-state index in [9.17, 15) is 14.7 Å². The van der Waals surface area contributed by atoms with E-state index in [1.165, 1.54) is 0 Å². The van der Waals surface area contributed by atoms with E-state index in [1.54, 1.807) is 12.1 Å². The largest absolute Gasteiger partial charge is 0.394 e. The number of hydrogen-bond acceptors (Lipinski definition) is 3. The Morgan fingerprint density at radius 2 is 1.96 bits per heavy atom.